The van der Waals surface area contributed by atoms with Gasteiger partial charge in [-0.15, -0.1) is 82.8 Å². The molecule has 0 saturated carbocycles. The van der Waals surface area contributed by atoms with Crippen molar-refractivity contribution in [1.29, 1.82) is 0 Å². The number of aryl methyl sites for hydroxylation is 2. The summed E-state index contributed by atoms with van der Waals surface area (Å²) in [7, 11) is 0. The fourth-order valence-electron chi connectivity index (χ4n) is 5.82. The molecule has 6 heteroatoms. The van der Waals surface area contributed by atoms with Crippen LogP contribution in [0, 0.1) is 28.7 Å². The van der Waals surface area contributed by atoms with Gasteiger partial charge in [0, 0.05) is 0 Å². The van der Waals surface area contributed by atoms with E-state index in [2.05, 4.69) is 130 Å². The number of hydrogen-bond acceptors (Lipinski definition) is 2. The molecular formula is C42H38Cl2O2SiZr-4. The van der Waals surface area contributed by atoms with Crippen LogP contribution in [-0.4, -0.2) is 6.88 Å². The number of fused-ring (bicyclic) bond motifs is 2. The Balaban J connectivity index is 0.000000294. The third-order valence-electron chi connectivity index (χ3n) is 7.72. The Hall–Kier alpha value is -3.66. The molecule has 0 bridgehead atoms. The Morgan fingerprint density at radius 3 is 1.21 bits per heavy atom. The number of furan rings is 2. The maximum atomic E-state index is 5.52. The van der Waals surface area contributed by atoms with Crippen molar-refractivity contribution in [3.63, 3.8) is 0 Å². The molecule has 2 nitrogen and oxygen atoms in total. The van der Waals surface area contributed by atoms with E-state index in [1.54, 1.807) is 12.5 Å². The van der Waals surface area contributed by atoms with E-state index >= 15 is 0 Å². The van der Waals surface area contributed by atoms with E-state index in [1.165, 1.54) is 78.3 Å². The first kappa shape index (κ1) is 40.5. The second kappa shape index (κ2) is 18.8. The molecule has 8 rings (SSSR count). The summed E-state index contributed by atoms with van der Waals surface area (Å²) in [4.78, 5) is 0. The Bertz CT molecular complexity index is 1960. The van der Waals surface area contributed by atoms with Gasteiger partial charge in [0.2, 0.25) is 0 Å². The fraction of sp³-hybridized carbons (Fsp3) is 0.0476. The first-order valence-corrected chi connectivity index (χ1v) is 18.7. The summed E-state index contributed by atoms with van der Waals surface area (Å²) in [5.41, 5.74) is 9.89. The summed E-state index contributed by atoms with van der Waals surface area (Å²) in [5.74, 6) is 1.84. The molecule has 0 saturated heterocycles. The second-order valence-electron chi connectivity index (χ2n) is 10.8. The monoisotopic (exact) mass is 762 g/mol. The first-order valence-electron chi connectivity index (χ1n) is 14.5. The molecule has 2 radical (unpaired) electrons. The molecule has 244 valence electrons. The molecule has 0 amide bonds. The van der Waals surface area contributed by atoms with Gasteiger partial charge in [-0.2, -0.15) is 0 Å². The van der Waals surface area contributed by atoms with E-state index in [0.717, 1.165) is 22.6 Å². The van der Waals surface area contributed by atoms with Gasteiger partial charge in [-0.05, 0) is 37.1 Å². The zero-order chi connectivity index (χ0) is 30.5. The molecule has 2 heterocycles. The first-order chi connectivity index (χ1) is 21.6. The van der Waals surface area contributed by atoms with Gasteiger partial charge in [0.05, 0.1) is 24.0 Å². The van der Waals surface area contributed by atoms with Crippen LogP contribution in [0.4, 0.5) is 0 Å². The normalized spacial score (nSPS) is 9.77. The molecule has 0 atom stereocenters. The van der Waals surface area contributed by atoms with Crippen LogP contribution in [0.3, 0.4) is 0 Å². The van der Waals surface area contributed by atoms with Crippen molar-refractivity contribution >= 4 is 53.2 Å². The van der Waals surface area contributed by atoms with Crippen LogP contribution in [-0.2, 0) is 23.3 Å². The fourth-order valence-corrected chi connectivity index (χ4v) is 5.82. The van der Waals surface area contributed by atoms with Gasteiger partial charge in [0.1, 0.15) is 0 Å². The third kappa shape index (κ3) is 8.87. The molecule has 8 aromatic rings. The summed E-state index contributed by atoms with van der Waals surface area (Å²) in [6, 6.07) is 46.7. The molecule has 0 N–H and O–H groups in total. The van der Waals surface area contributed by atoms with E-state index in [1.807, 2.05) is 24.3 Å². The van der Waals surface area contributed by atoms with Gasteiger partial charge in [0.15, 0.2) is 0 Å². The van der Waals surface area contributed by atoms with E-state index < -0.39 is 0 Å². The SMILES string of the molecule is Cc1cc(-c2ccccc2)c2cc(-c3ccco3)[cH-]c2c1.Cc1cc(-c2ccccc2)c2cc(-c3ccco3)[cH-]c2c1.Cl.Cl.[CH3-].[CH3-].[Si]=[Zr]. The van der Waals surface area contributed by atoms with Crippen LogP contribution in [0.5, 0.6) is 0 Å². The molecule has 0 spiro atoms. The Morgan fingerprint density at radius 1 is 0.500 bits per heavy atom. The quantitative estimate of drug-likeness (QED) is 0.132. The van der Waals surface area contributed by atoms with Crippen molar-refractivity contribution in [3.8, 4) is 44.9 Å². The van der Waals surface area contributed by atoms with Crippen LogP contribution in [0.25, 0.3) is 66.4 Å². The summed E-state index contributed by atoms with van der Waals surface area (Å²) < 4.78 is 11.0. The van der Waals surface area contributed by atoms with Crippen molar-refractivity contribution in [2.24, 2.45) is 0 Å². The Labute approximate surface area is 313 Å². The topological polar surface area (TPSA) is 26.3 Å². The summed E-state index contributed by atoms with van der Waals surface area (Å²) in [6.45, 7) is 7.35. The van der Waals surface area contributed by atoms with Crippen molar-refractivity contribution < 1.29 is 32.2 Å². The summed E-state index contributed by atoms with van der Waals surface area (Å²) in [5, 5.41) is 5.08. The van der Waals surface area contributed by atoms with Crippen LogP contribution >= 0.6 is 24.8 Å². The number of benzene rings is 4. The van der Waals surface area contributed by atoms with Gasteiger partial charge in [-0.25, -0.2) is 0 Å². The second-order valence-corrected chi connectivity index (χ2v) is 10.8. The van der Waals surface area contributed by atoms with Gasteiger partial charge in [0.25, 0.3) is 0 Å². The maximum absolute atomic E-state index is 5.52. The van der Waals surface area contributed by atoms with E-state index in [-0.39, 0.29) is 39.7 Å². The minimum atomic E-state index is 0. The minimum absolute atomic E-state index is 0. The van der Waals surface area contributed by atoms with E-state index in [9.17, 15) is 0 Å². The zero-order valence-corrected chi connectivity index (χ0v) is 32.6. The molecule has 0 unspecified atom stereocenters. The van der Waals surface area contributed by atoms with E-state index in [0.29, 0.717) is 0 Å². The number of halogens is 2. The number of rotatable bonds is 4. The molecule has 6 aromatic carbocycles. The van der Waals surface area contributed by atoms with Crippen molar-refractivity contribution in [2.45, 2.75) is 13.8 Å². The standard InChI is InChI=1S/2C20H15O.2CH3.2ClH.Si.Zr/c2*1-14-10-16-12-17(20-8-5-9-21-20)13-19(16)18(11-14)15-6-3-2-4-7-15;;;;;;/h2*2-13H,1H3;2*1H3;2*1H;;/q4*-1;;;;. The molecule has 0 fully saturated rings. The van der Waals surface area contributed by atoms with Gasteiger partial charge in [-0.1, -0.05) is 118 Å². The molecular weight excluding hydrogens is 727 g/mol. The molecule has 48 heavy (non-hydrogen) atoms. The van der Waals surface area contributed by atoms with Crippen LogP contribution in [0.2, 0.25) is 0 Å². The average Bonchev–Trinajstić information content (AvgIpc) is 3.89. The predicted octanol–water partition coefficient (Wildman–Crippen LogP) is 12.9. The van der Waals surface area contributed by atoms with Crippen LogP contribution < -0.4 is 0 Å². The predicted molar refractivity (Wildman–Crippen MR) is 208 cm³/mol. The Kier molecular flexibility index (Phi) is 15.8. The molecule has 0 aliphatic carbocycles. The van der Waals surface area contributed by atoms with Crippen LogP contribution in [0.15, 0.2) is 155 Å². The molecule has 2 aromatic heterocycles. The van der Waals surface area contributed by atoms with Gasteiger partial charge >= 0.3 is 30.2 Å². The Morgan fingerprint density at radius 2 is 0.875 bits per heavy atom. The molecule has 0 aliphatic heterocycles. The van der Waals surface area contributed by atoms with Crippen molar-refractivity contribution in [3.05, 3.63) is 172 Å². The van der Waals surface area contributed by atoms with Crippen LogP contribution in [0.1, 0.15) is 11.1 Å². The zero-order valence-electron chi connectivity index (χ0n) is 27.5. The summed E-state index contributed by atoms with van der Waals surface area (Å²) in [6.07, 6.45) is 3.44. The van der Waals surface area contributed by atoms with Gasteiger partial charge in [-0.3, -0.25) is 0 Å². The third-order valence-corrected chi connectivity index (χ3v) is 7.72. The van der Waals surface area contributed by atoms with E-state index in [4.69, 9.17) is 8.83 Å². The van der Waals surface area contributed by atoms with Crippen molar-refractivity contribution in [2.75, 3.05) is 0 Å². The summed E-state index contributed by atoms with van der Waals surface area (Å²) >= 11 is 1.36. The van der Waals surface area contributed by atoms with Gasteiger partial charge < -0.3 is 23.7 Å². The number of hydrogen-bond donors (Lipinski definition) is 0. The average molecular weight is 765 g/mol. The molecule has 0 aliphatic rings. The van der Waals surface area contributed by atoms with Crippen molar-refractivity contribution in [1.82, 2.24) is 0 Å².